The summed E-state index contributed by atoms with van der Waals surface area (Å²) in [5, 5.41) is 1.47. The second-order valence-corrected chi connectivity index (χ2v) is 8.25. The van der Waals surface area contributed by atoms with Crippen LogP contribution in [-0.2, 0) is 10.2 Å². The minimum atomic E-state index is -4.44. The summed E-state index contributed by atoms with van der Waals surface area (Å²) in [5.74, 6) is -0.534. The van der Waals surface area contributed by atoms with Crippen LogP contribution in [0.15, 0.2) is 30.2 Å². The highest BCUT2D eigenvalue weighted by molar-refractivity contribution is 8.03. The summed E-state index contributed by atoms with van der Waals surface area (Å²) >= 11 is 1.16. The molecule has 0 N–H and O–H groups in total. The van der Waals surface area contributed by atoms with Gasteiger partial charge in [-0.3, -0.25) is 4.39 Å². The normalized spacial score (nSPS) is 17.0. The van der Waals surface area contributed by atoms with E-state index in [0.29, 0.717) is 0 Å². The number of thioether (sulfide) groups is 1. The van der Waals surface area contributed by atoms with Crippen LogP contribution in [0.1, 0.15) is 31.4 Å². The molecule has 0 aliphatic carbocycles. The molecule has 0 saturated heterocycles. The number of alkyl halides is 4. The summed E-state index contributed by atoms with van der Waals surface area (Å²) in [6, 6.07) is 4.43. The molecule has 0 saturated carbocycles. The summed E-state index contributed by atoms with van der Waals surface area (Å²) in [6.45, 7) is 6.09. The topological polar surface area (TPSA) is 9.23 Å². The third kappa shape index (κ3) is 6.62. The monoisotopic (exact) mass is 382 g/mol. The van der Waals surface area contributed by atoms with Crippen LogP contribution < -0.4 is 0 Å². The lowest BCUT2D eigenvalue weighted by Gasteiger charge is -2.37. The molecule has 1 aromatic rings. The third-order valence-electron chi connectivity index (χ3n) is 3.87. The minimum absolute atomic E-state index is 0.0887. The molecule has 0 bridgehead atoms. The number of halogens is 5. The Bertz CT molecular complexity index is 589. The Morgan fingerprint density at radius 3 is 2.36 bits per heavy atom. The van der Waals surface area contributed by atoms with Gasteiger partial charge in [0, 0.05) is 10.2 Å². The highest BCUT2D eigenvalue weighted by atomic mass is 32.2. The van der Waals surface area contributed by atoms with Crippen LogP contribution in [-0.4, -0.2) is 30.8 Å². The molecule has 0 amide bonds. The van der Waals surface area contributed by atoms with Gasteiger partial charge in [-0.2, -0.15) is 13.2 Å². The van der Waals surface area contributed by atoms with Crippen LogP contribution >= 0.6 is 11.8 Å². The van der Waals surface area contributed by atoms with Gasteiger partial charge in [-0.15, -0.1) is 11.8 Å². The second kappa shape index (κ2) is 8.54. The van der Waals surface area contributed by atoms with Gasteiger partial charge in [-0.1, -0.05) is 31.2 Å². The highest BCUT2D eigenvalue weighted by Crippen LogP contribution is 2.42. The molecule has 0 aliphatic heterocycles. The van der Waals surface area contributed by atoms with Gasteiger partial charge < -0.3 is 4.74 Å². The fourth-order valence-electron chi connectivity index (χ4n) is 2.85. The lowest BCUT2D eigenvalue weighted by Crippen LogP contribution is -2.39. The smallest absolute Gasteiger partial charge is 0.371 e. The zero-order valence-corrected chi connectivity index (χ0v) is 15.4. The Morgan fingerprint density at radius 1 is 1.20 bits per heavy atom. The zero-order valence-electron chi connectivity index (χ0n) is 14.6. The Balaban J connectivity index is 3.06. The Hall–Kier alpha value is -1.08. The van der Waals surface area contributed by atoms with E-state index in [1.807, 2.05) is 0 Å². The van der Waals surface area contributed by atoms with Gasteiger partial charge in [0.2, 0.25) is 0 Å². The number of ether oxygens (including phenoxy) is 1. The van der Waals surface area contributed by atoms with Crippen molar-refractivity contribution in [3.63, 3.8) is 0 Å². The number of aryl methyl sites for hydroxylation is 1. The number of hydrogen-bond acceptors (Lipinski definition) is 2. The van der Waals surface area contributed by atoms with Crippen molar-refractivity contribution in [3.05, 3.63) is 47.1 Å². The molecule has 142 valence electrons. The Labute approximate surface area is 149 Å². The molecule has 2 atom stereocenters. The fourth-order valence-corrected chi connectivity index (χ4v) is 3.81. The van der Waals surface area contributed by atoms with Crippen molar-refractivity contribution in [2.45, 2.75) is 43.5 Å². The predicted molar refractivity (Wildman–Crippen MR) is 92.1 cm³/mol. The van der Waals surface area contributed by atoms with Crippen LogP contribution in [0.3, 0.4) is 0 Å². The van der Waals surface area contributed by atoms with Crippen LogP contribution in [0.5, 0.6) is 0 Å². The first-order valence-corrected chi connectivity index (χ1v) is 8.58. The summed E-state index contributed by atoms with van der Waals surface area (Å²) in [5.41, 5.74) is -0.202. The van der Waals surface area contributed by atoms with Crippen molar-refractivity contribution in [1.29, 1.82) is 0 Å². The molecule has 0 heterocycles. The molecular weight excluding hydrogens is 359 g/mol. The van der Waals surface area contributed by atoms with E-state index in [2.05, 4.69) is 6.58 Å². The molecule has 7 heteroatoms. The van der Waals surface area contributed by atoms with E-state index < -0.39 is 35.4 Å². The first-order chi connectivity index (χ1) is 11.4. The maximum atomic E-state index is 14.2. The van der Waals surface area contributed by atoms with E-state index in [1.165, 1.54) is 11.5 Å². The van der Waals surface area contributed by atoms with Crippen LogP contribution in [0, 0.1) is 12.7 Å². The number of hydrogen-bond donors (Lipinski definition) is 0. The predicted octanol–water partition coefficient (Wildman–Crippen LogP) is 5.97. The standard InChI is InChI=1S/C18H23F5OS/c1-5-25-17(4,11-24-12-18(21,22)23)9-16(3,10-19)14-8-13(2)6-7-15(14)20/h5-8H,1,9-12H2,2-4H3/t16-,17+/m0/s1. The summed E-state index contributed by atoms with van der Waals surface area (Å²) < 4.78 is 69.0. The van der Waals surface area contributed by atoms with Crippen LogP contribution in [0.2, 0.25) is 0 Å². The van der Waals surface area contributed by atoms with Crippen LogP contribution in [0.4, 0.5) is 22.0 Å². The molecule has 0 spiro atoms. The first kappa shape index (κ1) is 22.0. The highest BCUT2D eigenvalue weighted by Gasteiger charge is 2.39. The van der Waals surface area contributed by atoms with Gasteiger partial charge >= 0.3 is 6.18 Å². The van der Waals surface area contributed by atoms with E-state index in [4.69, 9.17) is 4.74 Å². The molecule has 1 nitrogen and oxygen atoms in total. The third-order valence-corrected chi connectivity index (χ3v) is 4.87. The molecule has 1 aromatic carbocycles. The van der Waals surface area contributed by atoms with Gasteiger partial charge in [-0.25, -0.2) is 4.39 Å². The SMILES string of the molecule is C=CS[C@@](C)(COCC(F)(F)F)C[C@@](C)(CF)c1cc(C)ccc1F. The molecule has 0 fully saturated rings. The minimum Gasteiger partial charge on any atom is -0.371 e. The molecule has 25 heavy (non-hydrogen) atoms. The maximum absolute atomic E-state index is 14.2. The quantitative estimate of drug-likeness (QED) is 0.487. The molecule has 0 unspecified atom stereocenters. The van der Waals surface area contributed by atoms with Crippen molar-refractivity contribution in [3.8, 4) is 0 Å². The molecule has 0 aromatic heterocycles. The Kier molecular flexibility index (Phi) is 7.50. The molecular formula is C18H23F5OS. The average molecular weight is 382 g/mol. The number of benzene rings is 1. The van der Waals surface area contributed by atoms with E-state index >= 15 is 0 Å². The van der Waals surface area contributed by atoms with Crippen molar-refractivity contribution >= 4 is 11.8 Å². The summed E-state index contributed by atoms with van der Waals surface area (Å²) in [6.07, 6.45) is -4.35. The largest absolute Gasteiger partial charge is 0.411 e. The number of rotatable bonds is 9. The van der Waals surface area contributed by atoms with Gasteiger partial charge in [0.1, 0.15) is 12.4 Å². The van der Waals surface area contributed by atoms with E-state index in [0.717, 1.165) is 17.3 Å². The second-order valence-electron chi connectivity index (χ2n) is 6.70. The summed E-state index contributed by atoms with van der Waals surface area (Å²) in [4.78, 5) is 0. The maximum Gasteiger partial charge on any atom is 0.411 e. The van der Waals surface area contributed by atoms with Gasteiger partial charge in [0.05, 0.1) is 13.3 Å². The lowest BCUT2D eigenvalue weighted by atomic mass is 9.76. The van der Waals surface area contributed by atoms with Crippen molar-refractivity contribution in [2.24, 2.45) is 0 Å². The van der Waals surface area contributed by atoms with E-state index in [-0.39, 0.29) is 18.6 Å². The van der Waals surface area contributed by atoms with Crippen molar-refractivity contribution in [2.75, 3.05) is 19.9 Å². The van der Waals surface area contributed by atoms with Gasteiger partial charge in [0.15, 0.2) is 0 Å². The van der Waals surface area contributed by atoms with Crippen LogP contribution in [0.25, 0.3) is 0 Å². The van der Waals surface area contributed by atoms with Crippen molar-refractivity contribution < 1.29 is 26.7 Å². The molecule has 0 aliphatic rings. The lowest BCUT2D eigenvalue weighted by molar-refractivity contribution is -0.175. The van der Waals surface area contributed by atoms with E-state index in [1.54, 1.807) is 32.9 Å². The first-order valence-electron chi connectivity index (χ1n) is 7.70. The fraction of sp³-hybridized carbons (Fsp3) is 0.556. The molecule has 1 rings (SSSR count). The van der Waals surface area contributed by atoms with E-state index in [9.17, 15) is 22.0 Å². The molecule has 0 radical (unpaired) electrons. The van der Waals surface area contributed by atoms with Gasteiger partial charge in [0.25, 0.3) is 0 Å². The average Bonchev–Trinajstić information content (AvgIpc) is 2.48. The van der Waals surface area contributed by atoms with Crippen molar-refractivity contribution in [1.82, 2.24) is 0 Å². The van der Waals surface area contributed by atoms with Gasteiger partial charge in [-0.05, 0) is 37.3 Å². The summed E-state index contributed by atoms with van der Waals surface area (Å²) in [7, 11) is 0. The zero-order chi connectivity index (χ0) is 19.3. The Morgan fingerprint density at radius 2 is 1.84 bits per heavy atom.